The summed E-state index contributed by atoms with van der Waals surface area (Å²) in [5.41, 5.74) is 0.224. The maximum atomic E-state index is 6.28. The lowest BCUT2D eigenvalue weighted by atomic mass is 9.87. The first-order valence-electron chi connectivity index (χ1n) is 9.17. The minimum atomic E-state index is 0. The van der Waals surface area contributed by atoms with Gasteiger partial charge in [0.2, 0.25) is 0 Å². The molecule has 0 aliphatic carbocycles. The molecule has 1 atom stereocenters. The third-order valence-electron chi connectivity index (χ3n) is 6.38. The van der Waals surface area contributed by atoms with Gasteiger partial charge in [0.05, 0.1) is 12.2 Å². The van der Waals surface area contributed by atoms with Crippen molar-refractivity contribution in [2.75, 3.05) is 45.9 Å². The van der Waals surface area contributed by atoms with Crippen LogP contribution in [0.4, 0.5) is 0 Å². The predicted octanol–water partition coefficient (Wildman–Crippen LogP) is 2.72. The first-order chi connectivity index (χ1) is 10.3. The van der Waals surface area contributed by atoms with Gasteiger partial charge >= 0.3 is 0 Å². The van der Waals surface area contributed by atoms with Crippen molar-refractivity contribution in [1.82, 2.24) is 15.1 Å². The second-order valence-electron chi connectivity index (χ2n) is 7.61. The lowest BCUT2D eigenvalue weighted by Gasteiger charge is -2.39. The number of rotatable bonds is 2. The van der Waals surface area contributed by atoms with Gasteiger partial charge in [0.15, 0.2) is 0 Å². The molecular formula is C17H34Cl3N3O. The molecule has 0 amide bonds. The summed E-state index contributed by atoms with van der Waals surface area (Å²) in [7, 11) is 0. The molecule has 4 nitrogen and oxygen atoms in total. The molecule has 4 saturated heterocycles. The fourth-order valence-corrected chi connectivity index (χ4v) is 5.01. The fraction of sp³-hybridized carbons (Fsp3) is 1.00. The monoisotopic (exact) mass is 401 g/mol. The molecule has 0 saturated carbocycles. The Hall–Kier alpha value is 0.710. The summed E-state index contributed by atoms with van der Waals surface area (Å²) >= 11 is 0. The Morgan fingerprint density at radius 1 is 0.792 bits per heavy atom. The van der Waals surface area contributed by atoms with Crippen LogP contribution >= 0.6 is 37.2 Å². The smallest absolute Gasteiger partial charge is 0.0723 e. The zero-order chi connectivity index (χ0) is 14.1. The largest absolute Gasteiger partial charge is 0.373 e. The topological polar surface area (TPSA) is 27.7 Å². The van der Waals surface area contributed by atoms with E-state index in [1.54, 1.807) is 0 Å². The van der Waals surface area contributed by atoms with Gasteiger partial charge in [-0.1, -0.05) is 0 Å². The third kappa shape index (κ3) is 4.91. The van der Waals surface area contributed by atoms with Gasteiger partial charge in [-0.05, 0) is 71.1 Å². The van der Waals surface area contributed by atoms with Gasteiger partial charge < -0.3 is 15.0 Å². The van der Waals surface area contributed by atoms with Crippen LogP contribution in [-0.2, 0) is 4.74 Å². The zero-order valence-corrected chi connectivity index (χ0v) is 17.0. The molecule has 0 radical (unpaired) electrons. The Labute approximate surface area is 165 Å². The highest BCUT2D eigenvalue weighted by Gasteiger charge is 2.43. The van der Waals surface area contributed by atoms with Gasteiger partial charge in [0.25, 0.3) is 0 Å². The number of ether oxygens (including phenoxy) is 1. The summed E-state index contributed by atoms with van der Waals surface area (Å²) < 4.78 is 6.28. The highest BCUT2D eigenvalue weighted by molar-refractivity contribution is 5.86. The molecule has 0 bridgehead atoms. The van der Waals surface area contributed by atoms with Gasteiger partial charge in [-0.2, -0.15) is 0 Å². The number of halogens is 3. The quantitative estimate of drug-likeness (QED) is 0.768. The summed E-state index contributed by atoms with van der Waals surface area (Å²) in [5.74, 6) is 0. The molecule has 1 spiro atoms. The lowest BCUT2D eigenvalue weighted by molar-refractivity contribution is -0.0206. The number of nitrogens with zero attached hydrogens (tertiary/aromatic N) is 2. The molecule has 4 heterocycles. The summed E-state index contributed by atoms with van der Waals surface area (Å²) in [6.07, 6.45) is 9.32. The van der Waals surface area contributed by atoms with Crippen LogP contribution in [0.5, 0.6) is 0 Å². The van der Waals surface area contributed by atoms with Gasteiger partial charge in [-0.25, -0.2) is 0 Å². The molecule has 0 aromatic carbocycles. The van der Waals surface area contributed by atoms with E-state index in [4.69, 9.17) is 4.74 Å². The molecule has 24 heavy (non-hydrogen) atoms. The maximum absolute atomic E-state index is 6.28. The van der Waals surface area contributed by atoms with E-state index in [1.165, 1.54) is 71.1 Å². The standard InChI is InChI=1S/C17H31N3O.3ClH/c1-2-10-19(9-1)15-3-11-20(12-4-15)16-13-17(21-14-16)5-7-18-8-6-17;;;/h15-16,18H,1-14H2;3*1H. The van der Waals surface area contributed by atoms with Crippen LogP contribution in [0.25, 0.3) is 0 Å². The molecule has 0 aromatic heterocycles. The molecule has 0 aromatic rings. The Kier molecular flexibility index (Phi) is 9.62. The van der Waals surface area contributed by atoms with Crippen LogP contribution in [0.1, 0.15) is 44.9 Å². The van der Waals surface area contributed by atoms with Crippen LogP contribution < -0.4 is 5.32 Å². The second-order valence-corrected chi connectivity index (χ2v) is 7.61. The zero-order valence-electron chi connectivity index (χ0n) is 14.6. The van der Waals surface area contributed by atoms with Crippen molar-refractivity contribution in [3.8, 4) is 0 Å². The molecule has 1 N–H and O–H groups in total. The average Bonchev–Trinajstić information content (AvgIpc) is 3.19. The summed E-state index contributed by atoms with van der Waals surface area (Å²) in [6, 6.07) is 1.57. The molecule has 144 valence electrons. The van der Waals surface area contributed by atoms with Crippen molar-refractivity contribution in [1.29, 1.82) is 0 Å². The van der Waals surface area contributed by atoms with E-state index in [2.05, 4.69) is 15.1 Å². The van der Waals surface area contributed by atoms with Crippen molar-refractivity contribution < 1.29 is 4.74 Å². The van der Waals surface area contributed by atoms with Gasteiger partial charge in [-0.15, -0.1) is 37.2 Å². The Balaban J connectivity index is 0.000000960. The van der Waals surface area contributed by atoms with Crippen LogP contribution in [0.2, 0.25) is 0 Å². The van der Waals surface area contributed by atoms with Crippen molar-refractivity contribution in [3.63, 3.8) is 0 Å². The number of hydrogen-bond donors (Lipinski definition) is 1. The Bertz CT molecular complexity index is 355. The molecule has 4 aliphatic rings. The second kappa shape index (κ2) is 10.1. The first kappa shape index (κ1) is 22.8. The highest BCUT2D eigenvalue weighted by Crippen LogP contribution is 2.37. The summed E-state index contributed by atoms with van der Waals surface area (Å²) in [5, 5.41) is 3.47. The molecule has 4 fully saturated rings. The van der Waals surface area contributed by atoms with E-state index in [9.17, 15) is 0 Å². The summed E-state index contributed by atoms with van der Waals surface area (Å²) in [6.45, 7) is 8.57. The number of piperidine rings is 2. The van der Waals surface area contributed by atoms with E-state index < -0.39 is 0 Å². The lowest BCUT2D eigenvalue weighted by Crippen LogP contribution is -2.48. The van der Waals surface area contributed by atoms with Crippen LogP contribution in [0.15, 0.2) is 0 Å². The average molecular weight is 403 g/mol. The van der Waals surface area contributed by atoms with E-state index in [-0.39, 0.29) is 42.8 Å². The van der Waals surface area contributed by atoms with Crippen molar-refractivity contribution >= 4 is 37.2 Å². The third-order valence-corrected chi connectivity index (χ3v) is 6.38. The molecule has 1 unspecified atom stereocenters. The molecule has 4 rings (SSSR count). The Morgan fingerprint density at radius 2 is 1.38 bits per heavy atom. The van der Waals surface area contributed by atoms with Crippen molar-refractivity contribution in [2.45, 2.75) is 62.6 Å². The van der Waals surface area contributed by atoms with Crippen molar-refractivity contribution in [3.05, 3.63) is 0 Å². The number of likely N-dealkylation sites (tertiary alicyclic amines) is 2. The molecule has 7 heteroatoms. The maximum Gasteiger partial charge on any atom is 0.0723 e. The number of hydrogen-bond acceptors (Lipinski definition) is 4. The van der Waals surface area contributed by atoms with E-state index in [0.29, 0.717) is 6.04 Å². The normalized spacial score (nSPS) is 31.2. The van der Waals surface area contributed by atoms with Gasteiger partial charge in [0.1, 0.15) is 0 Å². The SMILES string of the molecule is C1CCN(C2CCN(C3COC4(CCNCC4)C3)CC2)C1.Cl.Cl.Cl. The van der Waals surface area contributed by atoms with Crippen LogP contribution in [0.3, 0.4) is 0 Å². The highest BCUT2D eigenvalue weighted by atomic mass is 35.5. The van der Waals surface area contributed by atoms with Crippen molar-refractivity contribution in [2.24, 2.45) is 0 Å². The molecular weight excluding hydrogens is 369 g/mol. The Morgan fingerprint density at radius 3 is 2.00 bits per heavy atom. The predicted molar refractivity (Wildman–Crippen MR) is 106 cm³/mol. The van der Waals surface area contributed by atoms with E-state index in [1.807, 2.05) is 0 Å². The number of nitrogens with one attached hydrogen (secondary N) is 1. The minimum Gasteiger partial charge on any atom is -0.373 e. The van der Waals surface area contributed by atoms with Gasteiger partial charge in [-0.3, -0.25) is 4.90 Å². The fourth-order valence-electron chi connectivity index (χ4n) is 5.01. The van der Waals surface area contributed by atoms with E-state index in [0.717, 1.165) is 25.7 Å². The summed E-state index contributed by atoms with van der Waals surface area (Å²) in [4.78, 5) is 5.49. The van der Waals surface area contributed by atoms with E-state index >= 15 is 0 Å². The molecule has 4 aliphatic heterocycles. The van der Waals surface area contributed by atoms with Crippen LogP contribution in [-0.4, -0.2) is 73.4 Å². The van der Waals surface area contributed by atoms with Crippen LogP contribution in [0, 0.1) is 0 Å². The minimum absolute atomic E-state index is 0. The van der Waals surface area contributed by atoms with Gasteiger partial charge in [0, 0.05) is 25.2 Å². The first-order valence-corrected chi connectivity index (χ1v) is 9.17.